The first kappa shape index (κ1) is 13.8. The average Bonchev–Trinajstić information content (AvgIpc) is 2.28. The minimum absolute atomic E-state index is 0.138. The second kappa shape index (κ2) is 5.17. The Morgan fingerprint density at radius 2 is 1.83 bits per heavy atom. The van der Waals surface area contributed by atoms with E-state index in [1.807, 2.05) is 20.8 Å². The van der Waals surface area contributed by atoms with E-state index in [4.69, 9.17) is 4.74 Å². The number of hydrogen-bond donors (Lipinski definition) is 2. The summed E-state index contributed by atoms with van der Waals surface area (Å²) in [5.41, 5.74) is 6.41. The summed E-state index contributed by atoms with van der Waals surface area (Å²) in [4.78, 5) is 12.0. The zero-order valence-corrected chi connectivity index (χ0v) is 11.8. The molecule has 4 nitrogen and oxygen atoms in total. The molecule has 104 valence electrons. The van der Waals surface area contributed by atoms with Crippen LogP contribution in [-0.2, 0) is 9.53 Å². The van der Waals surface area contributed by atoms with Gasteiger partial charge in [0.2, 0.25) is 0 Å². The lowest BCUT2D eigenvalue weighted by Gasteiger charge is -2.44. The Bertz CT molecular complexity index is 293. The molecule has 2 rings (SSSR count). The van der Waals surface area contributed by atoms with E-state index in [-0.39, 0.29) is 17.6 Å². The molecule has 1 spiro atoms. The van der Waals surface area contributed by atoms with Crippen molar-refractivity contribution in [1.29, 1.82) is 0 Å². The van der Waals surface area contributed by atoms with Crippen LogP contribution in [0.15, 0.2) is 0 Å². The molecule has 0 aromatic rings. The number of nitrogens with one attached hydrogen (secondary N) is 2. The molecule has 0 aromatic carbocycles. The standard InChI is InChI=1S/C14H26N2O2/c1-13(2,3)18-12(17)11-7-10-14(16-15-11)8-5-4-6-9-14/h11,15-16H,4-10H2,1-3H3. The van der Waals surface area contributed by atoms with Crippen molar-refractivity contribution in [3.05, 3.63) is 0 Å². The smallest absolute Gasteiger partial charge is 0.325 e. The van der Waals surface area contributed by atoms with Crippen LogP contribution in [0.5, 0.6) is 0 Å². The van der Waals surface area contributed by atoms with Gasteiger partial charge in [-0.25, -0.2) is 5.43 Å². The Hall–Kier alpha value is -0.610. The number of rotatable bonds is 1. The molecule has 0 bridgehead atoms. The zero-order valence-electron chi connectivity index (χ0n) is 11.8. The van der Waals surface area contributed by atoms with Gasteiger partial charge in [-0.3, -0.25) is 10.2 Å². The number of carbonyl (C=O) groups excluding carboxylic acids is 1. The largest absolute Gasteiger partial charge is 0.459 e. The van der Waals surface area contributed by atoms with Gasteiger partial charge in [-0.1, -0.05) is 19.3 Å². The van der Waals surface area contributed by atoms with E-state index >= 15 is 0 Å². The Morgan fingerprint density at radius 3 is 2.33 bits per heavy atom. The van der Waals surface area contributed by atoms with Gasteiger partial charge < -0.3 is 4.74 Å². The Morgan fingerprint density at radius 1 is 1.17 bits per heavy atom. The van der Waals surface area contributed by atoms with Gasteiger partial charge in [0.15, 0.2) is 0 Å². The summed E-state index contributed by atoms with van der Waals surface area (Å²) in [6, 6.07) is -0.197. The summed E-state index contributed by atoms with van der Waals surface area (Å²) in [5, 5.41) is 0. The first-order valence-corrected chi connectivity index (χ1v) is 7.16. The van der Waals surface area contributed by atoms with E-state index in [1.54, 1.807) is 0 Å². The first-order valence-electron chi connectivity index (χ1n) is 7.16. The normalized spacial score (nSPS) is 28.1. The fraction of sp³-hybridized carbons (Fsp3) is 0.929. The van der Waals surface area contributed by atoms with Gasteiger partial charge in [0, 0.05) is 5.54 Å². The molecular formula is C14H26N2O2. The summed E-state index contributed by atoms with van der Waals surface area (Å²) < 4.78 is 5.41. The van der Waals surface area contributed by atoms with Gasteiger partial charge in [0.25, 0.3) is 0 Å². The van der Waals surface area contributed by atoms with Gasteiger partial charge >= 0.3 is 5.97 Å². The van der Waals surface area contributed by atoms with Crippen LogP contribution >= 0.6 is 0 Å². The lowest BCUT2D eigenvalue weighted by molar-refractivity contribution is -0.159. The van der Waals surface area contributed by atoms with Gasteiger partial charge in [0.1, 0.15) is 11.6 Å². The molecule has 4 heteroatoms. The van der Waals surface area contributed by atoms with Crippen LogP contribution in [0.25, 0.3) is 0 Å². The molecule has 0 radical (unpaired) electrons. The third-order valence-corrected chi connectivity index (χ3v) is 3.93. The number of carbonyl (C=O) groups is 1. The van der Waals surface area contributed by atoms with Crippen molar-refractivity contribution in [2.45, 2.75) is 82.9 Å². The fourth-order valence-electron chi connectivity index (χ4n) is 2.95. The first-order chi connectivity index (χ1) is 8.40. The van der Waals surface area contributed by atoms with Gasteiger partial charge in [0.05, 0.1) is 0 Å². The number of hydrazine groups is 1. The van der Waals surface area contributed by atoms with Crippen molar-refractivity contribution in [1.82, 2.24) is 10.9 Å². The molecule has 2 fully saturated rings. The predicted molar refractivity (Wildman–Crippen MR) is 71.0 cm³/mol. The maximum absolute atomic E-state index is 12.0. The predicted octanol–water partition coefficient (Wildman–Crippen LogP) is 2.29. The van der Waals surface area contributed by atoms with E-state index in [0.717, 1.165) is 12.8 Å². The van der Waals surface area contributed by atoms with Crippen LogP contribution in [0.4, 0.5) is 0 Å². The summed E-state index contributed by atoms with van der Waals surface area (Å²) in [5.74, 6) is -0.138. The van der Waals surface area contributed by atoms with Crippen LogP contribution in [0.2, 0.25) is 0 Å². The molecule has 1 atom stereocenters. The topological polar surface area (TPSA) is 50.4 Å². The van der Waals surface area contributed by atoms with Crippen LogP contribution in [0, 0.1) is 0 Å². The molecule has 1 saturated carbocycles. The molecule has 1 unspecified atom stereocenters. The Labute approximate surface area is 110 Å². The summed E-state index contributed by atoms with van der Waals surface area (Å²) in [7, 11) is 0. The van der Waals surface area contributed by atoms with Gasteiger partial charge in [-0.05, 0) is 46.5 Å². The third kappa shape index (κ3) is 3.45. The number of ether oxygens (including phenoxy) is 1. The average molecular weight is 254 g/mol. The lowest BCUT2D eigenvalue weighted by Crippen LogP contribution is -2.63. The fourth-order valence-corrected chi connectivity index (χ4v) is 2.95. The molecule has 2 N–H and O–H groups in total. The van der Waals surface area contributed by atoms with E-state index in [9.17, 15) is 4.79 Å². The van der Waals surface area contributed by atoms with Crippen molar-refractivity contribution in [3.63, 3.8) is 0 Å². The molecular weight excluding hydrogens is 228 g/mol. The molecule has 0 amide bonds. The minimum Gasteiger partial charge on any atom is -0.459 e. The van der Waals surface area contributed by atoms with Crippen molar-refractivity contribution >= 4 is 5.97 Å². The highest BCUT2D eigenvalue weighted by molar-refractivity contribution is 5.76. The quantitative estimate of drug-likeness (QED) is 0.705. The minimum atomic E-state index is -0.404. The van der Waals surface area contributed by atoms with Crippen LogP contribution in [0.3, 0.4) is 0 Å². The molecule has 1 aliphatic carbocycles. The highest BCUT2D eigenvalue weighted by Gasteiger charge is 2.38. The highest BCUT2D eigenvalue weighted by atomic mass is 16.6. The summed E-state index contributed by atoms with van der Waals surface area (Å²) in [6.07, 6.45) is 8.34. The van der Waals surface area contributed by atoms with Crippen molar-refractivity contribution in [3.8, 4) is 0 Å². The summed E-state index contributed by atoms with van der Waals surface area (Å²) >= 11 is 0. The molecule has 2 aliphatic rings. The van der Waals surface area contributed by atoms with Crippen molar-refractivity contribution < 1.29 is 9.53 Å². The maximum Gasteiger partial charge on any atom is 0.325 e. The monoisotopic (exact) mass is 254 g/mol. The van der Waals surface area contributed by atoms with E-state index in [1.165, 1.54) is 32.1 Å². The van der Waals surface area contributed by atoms with Gasteiger partial charge in [-0.2, -0.15) is 0 Å². The lowest BCUT2D eigenvalue weighted by atomic mass is 9.77. The molecule has 1 saturated heterocycles. The highest BCUT2D eigenvalue weighted by Crippen LogP contribution is 2.34. The molecule has 0 aromatic heterocycles. The third-order valence-electron chi connectivity index (χ3n) is 3.93. The number of hydrogen-bond acceptors (Lipinski definition) is 4. The van der Waals surface area contributed by atoms with Crippen molar-refractivity contribution in [2.24, 2.45) is 0 Å². The van der Waals surface area contributed by atoms with Crippen molar-refractivity contribution in [2.75, 3.05) is 0 Å². The zero-order chi connectivity index (χ0) is 13.2. The number of esters is 1. The van der Waals surface area contributed by atoms with E-state index < -0.39 is 5.60 Å². The summed E-state index contributed by atoms with van der Waals surface area (Å²) in [6.45, 7) is 5.72. The van der Waals surface area contributed by atoms with Crippen LogP contribution in [-0.4, -0.2) is 23.2 Å². The van der Waals surface area contributed by atoms with E-state index in [0.29, 0.717) is 0 Å². The maximum atomic E-state index is 12.0. The molecule has 18 heavy (non-hydrogen) atoms. The second-order valence-electron chi connectivity index (χ2n) is 6.74. The molecule has 1 heterocycles. The van der Waals surface area contributed by atoms with Crippen LogP contribution < -0.4 is 10.9 Å². The van der Waals surface area contributed by atoms with Gasteiger partial charge in [-0.15, -0.1) is 0 Å². The van der Waals surface area contributed by atoms with Crippen LogP contribution in [0.1, 0.15) is 65.7 Å². The van der Waals surface area contributed by atoms with E-state index in [2.05, 4.69) is 10.9 Å². The molecule has 1 aliphatic heterocycles. The Balaban J connectivity index is 1.84. The second-order valence-corrected chi connectivity index (χ2v) is 6.74. The SMILES string of the molecule is CC(C)(C)OC(=O)C1CCC2(CCCCC2)NN1. The Kier molecular flexibility index (Phi) is 3.97.